The van der Waals surface area contributed by atoms with Crippen LogP contribution in [-0.2, 0) is 4.74 Å². The van der Waals surface area contributed by atoms with Crippen LogP contribution in [0.5, 0.6) is 0 Å². The first-order valence-electron chi connectivity index (χ1n) is 7.83. The van der Waals surface area contributed by atoms with Crippen molar-refractivity contribution in [3.05, 3.63) is 29.8 Å². The number of nitrogen functional groups attached to an aromatic ring is 1. The topological polar surface area (TPSA) is 55.6 Å². The van der Waals surface area contributed by atoms with Gasteiger partial charge in [-0.2, -0.15) is 0 Å². The van der Waals surface area contributed by atoms with Gasteiger partial charge < -0.3 is 10.5 Å². The van der Waals surface area contributed by atoms with Crippen LogP contribution in [0.25, 0.3) is 0 Å². The predicted octanol–water partition coefficient (Wildman–Crippen LogP) is 3.50. The van der Waals surface area contributed by atoms with E-state index in [2.05, 4.69) is 11.9 Å². The van der Waals surface area contributed by atoms with E-state index in [1.165, 1.54) is 32.1 Å². The van der Waals surface area contributed by atoms with E-state index in [4.69, 9.17) is 10.5 Å². The summed E-state index contributed by atoms with van der Waals surface area (Å²) >= 11 is 0. The van der Waals surface area contributed by atoms with Crippen molar-refractivity contribution in [3.8, 4) is 0 Å². The standard InChI is InChI=1S/C17H26N2O2.ClH/c1-13(12-19(2)16-6-4-3-5-7-16)21-17(20)14-8-10-15(18)11-9-14;/h8-11,13,16H,3-7,12,18H2,1-2H3;1H. The Morgan fingerprint density at radius 3 is 2.45 bits per heavy atom. The molecule has 0 aliphatic heterocycles. The number of esters is 1. The van der Waals surface area contributed by atoms with Crippen molar-refractivity contribution in [1.82, 2.24) is 4.90 Å². The molecule has 0 aromatic heterocycles. The highest BCUT2D eigenvalue weighted by atomic mass is 35.5. The molecule has 1 aliphatic carbocycles. The molecule has 1 unspecified atom stereocenters. The number of hydrogen-bond donors (Lipinski definition) is 1. The van der Waals surface area contributed by atoms with Crippen molar-refractivity contribution in [2.24, 2.45) is 0 Å². The quantitative estimate of drug-likeness (QED) is 0.664. The second-order valence-electron chi connectivity index (χ2n) is 6.07. The Hall–Kier alpha value is -1.26. The summed E-state index contributed by atoms with van der Waals surface area (Å²) in [4.78, 5) is 14.4. The van der Waals surface area contributed by atoms with E-state index in [1.807, 2.05) is 6.92 Å². The van der Waals surface area contributed by atoms with Gasteiger partial charge in [0, 0.05) is 18.3 Å². The highest BCUT2D eigenvalue weighted by Crippen LogP contribution is 2.22. The lowest BCUT2D eigenvalue weighted by Gasteiger charge is -2.32. The van der Waals surface area contributed by atoms with Crippen LogP contribution < -0.4 is 5.73 Å². The number of likely N-dealkylation sites (N-methyl/N-ethyl adjacent to an activating group) is 1. The molecule has 1 aromatic rings. The van der Waals surface area contributed by atoms with Crippen LogP contribution in [0.4, 0.5) is 5.69 Å². The summed E-state index contributed by atoms with van der Waals surface area (Å²) < 4.78 is 5.52. The third-order valence-corrected chi connectivity index (χ3v) is 4.20. The minimum atomic E-state index is -0.278. The maximum absolute atomic E-state index is 12.0. The van der Waals surface area contributed by atoms with Gasteiger partial charge in [-0.3, -0.25) is 4.90 Å². The zero-order chi connectivity index (χ0) is 15.2. The zero-order valence-electron chi connectivity index (χ0n) is 13.5. The second kappa shape index (κ2) is 9.01. The zero-order valence-corrected chi connectivity index (χ0v) is 14.3. The van der Waals surface area contributed by atoms with Crippen LogP contribution in [0.15, 0.2) is 24.3 Å². The largest absolute Gasteiger partial charge is 0.458 e. The Morgan fingerprint density at radius 1 is 1.27 bits per heavy atom. The van der Waals surface area contributed by atoms with E-state index in [9.17, 15) is 4.79 Å². The summed E-state index contributed by atoms with van der Waals surface area (Å²) in [7, 11) is 2.13. The van der Waals surface area contributed by atoms with Gasteiger partial charge in [-0.1, -0.05) is 19.3 Å². The van der Waals surface area contributed by atoms with Gasteiger partial charge >= 0.3 is 5.97 Å². The van der Waals surface area contributed by atoms with Crippen molar-refractivity contribution in [2.75, 3.05) is 19.3 Å². The van der Waals surface area contributed by atoms with E-state index >= 15 is 0 Å². The number of nitrogens with zero attached hydrogens (tertiary/aromatic N) is 1. The predicted molar refractivity (Wildman–Crippen MR) is 92.5 cm³/mol. The van der Waals surface area contributed by atoms with Crippen molar-refractivity contribution < 1.29 is 9.53 Å². The average Bonchev–Trinajstić information content (AvgIpc) is 2.48. The Labute approximate surface area is 139 Å². The molecule has 1 fully saturated rings. The van der Waals surface area contributed by atoms with Gasteiger partial charge in [0.25, 0.3) is 0 Å². The SMILES string of the molecule is CC(CN(C)C1CCCCC1)OC(=O)c1ccc(N)cc1.Cl. The molecule has 0 bridgehead atoms. The summed E-state index contributed by atoms with van der Waals surface area (Å²) in [5.41, 5.74) is 6.82. The van der Waals surface area contributed by atoms with Crippen molar-refractivity contribution >= 4 is 24.1 Å². The molecule has 4 nitrogen and oxygen atoms in total. The van der Waals surface area contributed by atoms with Crippen LogP contribution >= 0.6 is 12.4 Å². The Morgan fingerprint density at radius 2 is 1.86 bits per heavy atom. The number of benzene rings is 1. The van der Waals surface area contributed by atoms with Gasteiger partial charge in [-0.15, -0.1) is 12.4 Å². The van der Waals surface area contributed by atoms with E-state index in [0.29, 0.717) is 17.3 Å². The fourth-order valence-electron chi connectivity index (χ4n) is 2.98. The average molecular weight is 327 g/mol. The minimum absolute atomic E-state index is 0. The third kappa shape index (κ3) is 5.50. The van der Waals surface area contributed by atoms with Crippen molar-refractivity contribution in [1.29, 1.82) is 0 Å². The van der Waals surface area contributed by atoms with E-state index in [1.54, 1.807) is 24.3 Å². The van der Waals surface area contributed by atoms with Gasteiger partial charge in [0.2, 0.25) is 0 Å². The van der Waals surface area contributed by atoms with Gasteiger partial charge in [0.1, 0.15) is 6.10 Å². The van der Waals surface area contributed by atoms with E-state index in [0.717, 1.165) is 6.54 Å². The molecule has 0 spiro atoms. The summed E-state index contributed by atoms with van der Waals surface area (Å²) in [5, 5.41) is 0. The molecule has 124 valence electrons. The molecule has 1 aliphatic rings. The number of nitrogens with two attached hydrogens (primary N) is 1. The van der Waals surface area contributed by atoms with Gasteiger partial charge in [-0.05, 0) is 51.1 Å². The first kappa shape index (κ1) is 18.8. The number of anilines is 1. The molecule has 22 heavy (non-hydrogen) atoms. The summed E-state index contributed by atoms with van der Waals surface area (Å²) in [5.74, 6) is -0.278. The molecule has 5 heteroatoms. The summed E-state index contributed by atoms with van der Waals surface area (Å²) in [6, 6.07) is 7.48. The first-order chi connectivity index (χ1) is 10.1. The van der Waals surface area contributed by atoms with Crippen LogP contribution in [0.3, 0.4) is 0 Å². The molecular weight excluding hydrogens is 300 g/mol. The van der Waals surface area contributed by atoms with Gasteiger partial charge in [-0.25, -0.2) is 4.79 Å². The van der Waals surface area contributed by atoms with Gasteiger partial charge in [0.05, 0.1) is 5.56 Å². The van der Waals surface area contributed by atoms with Crippen LogP contribution in [0.1, 0.15) is 49.4 Å². The Kier molecular flexibility index (Phi) is 7.69. The molecule has 2 rings (SSSR count). The third-order valence-electron chi connectivity index (χ3n) is 4.20. The van der Waals surface area contributed by atoms with Gasteiger partial charge in [0.15, 0.2) is 0 Å². The molecule has 2 N–H and O–H groups in total. The lowest BCUT2D eigenvalue weighted by atomic mass is 9.94. The van der Waals surface area contributed by atoms with Crippen LogP contribution in [0, 0.1) is 0 Å². The Bertz CT molecular complexity index is 458. The van der Waals surface area contributed by atoms with Crippen LogP contribution in [0.2, 0.25) is 0 Å². The number of ether oxygens (including phenoxy) is 1. The molecule has 0 heterocycles. The maximum Gasteiger partial charge on any atom is 0.338 e. The number of rotatable bonds is 5. The fourth-order valence-corrected chi connectivity index (χ4v) is 2.98. The fraction of sp³-hybridized carbons (Fsp3) is 0.588. The molecule has 0 radical (unpaired) electrons. The van der Waals surface area contributed by atoms with Crippen molar-refractivity contribution in [3.63, 3.8) is 0 Å². The Balaban J connectivity index is 0.00000242. The second-order valence-corrected chi connectivity index (χ2v) is 6.07. The first-order valence-corrected chi connectivity index (χ1v) is 7.83. The molecule has 0 amide bonds. The molecule has 0 saturated heterocycles. The number of carbonyl (C=O) groups excluding carboxylic acids is 1. The number of hydrogen-bond acceptors (Lipinski definition) is 4. The van der Waals surface area contributed by atoms with Crippen LogP contribution in [-0.4, -0.2) is 36.6 Å². The number of halogens is 1. The lowest BCUT2D eigenvalue weighted by Crippen LogP contribution is -2.39. The van der Waals surface area contributed by atoms with E-state index < -0.39 is 0 Å². The normalized spacial score (nSPS) is 16.9. The minimum Gasteiger partial charge on any atom is -0.458 e. The maximum atomic E-state index is 12.0. The lowest BCUT2D eigenvalue weighted by molar-refractivity contribution is 0.0221. The van der Waals surface area contributed by atoms with E-state index in [-0.39, 0.29) is 24.5 Å². The number of carbonyl (C=O) groups is 1. The molecule has 1 aromatic carbocycles. The summed E-state index contributed by atoms with van der Waals surface area (Å²) in [6.45, 7) is 2.74. The summed E-state index contributed by atoms with van der Waals surface area (Å²) in [6.07, 6.45) is 6.39. The van der Waals surface area contributed by atoms with Crippen molar-refractivity contribution in [2.45, 2.75) is 51.2 Å². The molecular formula is C17H27ClN2O2. The smallest absolute Gasteiger partial charge is 0.338 e. The molecule has 1 atom stereocenters. The highest BCUT2D eigenvalue weighted by Gasteiger charge is 2.21. The monoisotopic (exact) mass is 326 g/mol. The molecule has 1 saturated carbocycles. The highest BCUT2D eigenvalue weighted by molar-refractivity contribution is 5.89.